The lowest BCUT2D eigenvalue weighted by Crippen LogP contribution is -2.15. The lowest BCUT2D eigenvalue weighted by molar-refractivity contribution is 0.415. The lowest BCUT2D eigenvalue weighted by Gasteiger charge is -2.06. The standard InChI is InChI=1S/C11H14ClN3OS/c1-4-7(13-3)10-14-15-11(16-10)9-8(12)6(2)5-17-9/h5,7,13H,4H2,1-3H3. The molecule has 0 spiro atoms. The first kappa shape index (κ1) is 12.5. The number of nitrogens with one attached hydrogen (secondary N) is 1. The minimum Gasteiger partial charge on any atom is -0.418 e. The van der Waals surface area contributed by atoms with Crippen LogP contribution in [0.4, 0.5) is 0 Å². The molecule has 17 heavy (non-hydrogen) atoms. The molecule has 0 saturated carbocycles. The maximum absolute atomic E-state index is 6.17. The van der Waals surface area contributed by atoms with Crippen LogP contribution in [-0.2, 0) is 0 Å². The highest BCUT2D eigenvalue weighted by molar-refractivity contribution is 7.14. The molecule has 0 saturated heterocycles. The molecular formula is C11H14ClN3OS. The lowest BCUT2D eigenvalue weighted by atomic mass is 10.2. The van der Waals surface area contributed by atoms with Crippen LogP contribution in [0.15, 0.2) is 9.80 Å². The number of rotatable bonds is 4. The average molecular weight is 272 g/mol. The third-order valence-corrected chi connectivity index (χ3v) is 4.27. The van der Waals surface area contributed by atoms with Gasteiger partial charge in [-0.1, -0.05) is 18.5 Å². The Morgan fingerprint density at radius 2 is 2.29 bits per heavy atom. The molecule has 0 radical (unpaired) electrons. The van der Waals surface area contributed by atoms with Crippen molar-refractivity contribution < 1.29 is 4.42 Å². The minimum absolute atomic E-state index is 0.0936. The van der Waals surface area contributed by atoms with Gasteiger partial charge in [0, 0.05) is 0 Å². The van der Waals surface area contributed by atoms with Crippen molar-refractivity contribution in [3.63, 3.8) is 0 Å². The maximum Gasteiger partial charge on any atom is 0.259 e. The van der Waals surface area contributed by atoms with Gasteiger partial charge in [0.1, 0.15) is 4.88 Å². The zero-order chi connectivity index (χ0) is 12.4. The van der Waals surface area contributed by atoms with E-state index >= 15 is 0 Å². The monoisotopic (exact) mass is 271 g/mol. The van der Waals surface area contributed by atoms with Gasteiger partial charge >= 0.3 is 0 Å². The van der Waals surface area contributed by atoms with Gasteiger partial charge in [-0.2, -0.15) is 0 Å². The molecular weight excluding hydrogens is 258 g/mol. The van der Waals surface area contributed by atoms with Crippen molar-refractivity contribution in [1.29, 1.82) is 0 Å². The summed E-state index contributed by atoms with van der Waals surface area (Å²) in [6.07, 6.45) is 0.898. The van der Waals surface area contributed by atoms with Crippen LogP contribution in [-0.4, -0.2) is 17.2 Å². The fraction of sp³-hybridized carbons (Fsp3) is 0.455. The zero-order valence-corrected chi connectivity index (χ0v) is 11.5. The minimum atomic E-state index is 0.0936. The molecule has 4 nitrogen and oxygen atoms in total. The molecule has 1 N–H and O–H groups in total. The fourth-order valence-electron chi connectivity index (χ4n) is 1.54. The van der Waals surface area contributed by atoms with Crippen LogP contribution in [0.2, 0.25) is 5.02 Å². The molecule has 0 aliphatic carbocycles. The normalized spacial score (nSPS) is 12.9. The summed E-state index contributed by atoms with van der Waals surface area (Å²) >= 11 is 7.69. The summed E-state index contributed by atoms with van der Waals surface area (Å²) in [5, 5.41) is 13.9. The zero-order valence-electron chi connectivity index (χ0n) is 9.95. The van der Waals surface area contributed by atoms with E-state index in [-0.39, 0.29) is 6.04 Å². The Kier molecular flexibility index (Phi) is 3.81. The number of hydrogen-bond donors (Lipinski definition) is 1. The molecule has 92 valence electrons. The smallest absolute Gasteiger partial charge is 0.259 e. The van der Waals surface area contributed by atoms with Crippen LogP contribution in [0.3, 0.4) is 0 Å². The highest BCUT2D eigenvalue weighted by Gasteiger charge is 2.19. The summed E-state index contributed by atoms with van der Waals surface area (Å²) in [6.45, 7) is 4.02. The average Bonchev–Trinajstić information content (AvgIpc) is 2.90. The Bertz CT molecular complexity index is 505. The van der Waals surface area contributed by atoms with Crippen LogP contribution in [0, 0.1) is 6.92 Å². The van der Waals surface area contributed by atoms with E-state index in [0.29, 0.717) is 16.8 Å². The number of aryl methyl sites for hydroxylation is 1. The van der Waals surface area contributed by atoms with Gasteiger partial charge in [-0.25, -0.2) is 0 Å². The second kappa shape index (κ2) is 5.16. The van der Waals surface area contributed by atoms with E-state index in [2.05, 4.69) is 22.4 Å². The molecule has 1 atom stereocenters. The molecule has 6 heteroatoms. The van der Waals surface area contributed by atoms with Crippen molar-refractivity contribution in [2.45, 2.75) is 26.3 Å². The third-order valence-electron chi connectivity index (χ3n) is 2.59. The molecule has 2 aromatic rings. The van der Waals surface area contributed by atoms with E-state index < -0.39 is 0 Å². The Balaban J connectivity index is 2.32. The van der Waals surface area contributed by atoms with Crippen molar-refractivity contribution in [3.8, 4) is 10.8 Å². The largest absolute Gasteiger partial charge is 0.418 e. The second-order valence-electron chi connectivity index (χ2n) is 3.76. The summed E-state index contributed by atoms with van der Waals surface area (Å²) < 4.78 is 5.65. The molecule has 0 fully saturated rings. The van der Waals surface area contributed by atoms with Crippen LogP contribution in [0.25, 0.3) is 10.8 Å². The molecule has 0 amide bonds. The van der Waals surface area contributed by atoms with Gasteiger partial charge in [-0.15, -0.1) is 21.5 Å². The van der Waals surface area contributed by atoms with Crippen molar-refractivity contribution in [3.05, 3.63) is 21.9 Å². The van der Waals surface area contributed by atoms with E-state index in [1.165, 1.54) is 11.3 Å². The number of thiophene rings is 1. The summed E-state index contributed by atoms with van der Waals surface area (Å²) in [4.78, 5) is 0.842. The topological polar surface area (TPSA) is 51.0 Å². The van der Waals surface area contributed by atoms with Crippen LogP contribution in [0.5, 0.6) is 0 Å². The third kappa shape index (κ3) is 2.36. The predicted octanol–water partition coefficient (Wildman–Crippen LogP) is 3.43. The molecule has 0 aromatic carbocycles. The highest BCUT2D eigenvalue weighted by Crippen LogP contribution is 2.36. The summed E-state index contributed by atoms with van der Waals surface area (Å²) in [7, 11) is 1.88. The quantitative estimate of drug-likeness (QED) is 0.926. The Morgan fingerprint density at radius 3 is 2.82 bits per heavy atom. The Labute approximate surface area is 109 Å². The summed E-state index contributed by atoms with van der Waals surface area (Å²) in [6, 6.07) is 0.0936. The molecule has 2 rings (SSSR count). The molecule has 0 aliphatic heterocycles. The van der Waals surface area contributed by atoms with Crippen LogP contribution >= 0.6 is 22.9 Å². The van der Waals surface area contributed by atoms with Crippen LogP contribution in [0.1, 0.15) is 30.8 Å². The molecule has 0 bridgehead atoms. The second-order valence-corrected chi connectivity index (χ2v) is 5.01. The SMILES string of the molecule is CCC(NC)c1nnc(-c2scc(C)c2Cl)o1. The van der Waals surface area contributed by atoms with Crippen molar-refractivity contribution in [1.82, 2.24) is 15.5 Å². The first-order valence-electron chi connectivity index (χ1n) is 5.42. The number of aromatic nitrogens is 2. The summed E-state index contributed by atoms with van der Waals surface area (Å²) in [5.41, 5.74) is 1.03. The molecule has 1 unspecified atom stereocenters. The molecule has 2 heterocycles. The number of halogens is 1. The van der Waals surface area contributed by atoms with Crippen molar-refractivity contribution in [2.24, 2.45) is 0 Å². The van der Waals surface area contributed by atoms with E-state index in [4.69, 9.17) is 16.0 Å². The van der Waals surface area contributed by atoms with Gasteiger partial charge in [0.25, 0.3) is 5.89 Å². The van der Waals surface area contributed by atoms with Crippen LogP contribution < -0.4 is 5.32 Å². The first-order chi connectivity index (χ1) is 8.17. The summed E-state index contributed by atoms with van der Waals surface area (Å²) in [5.74, 6) is 1.10. The van der Waals surface area contributed by atoms with Crippen molar-refractivity contribution in [2.75, 3.05) is 7.05 Å². The van der Waals surface area contributed by atoms with Gasteiger partial charge in [0.05, 0.1) is 11.1 Å². The Morgan fingerprint density at radius 1 is 1.53 bits per heavy atom. The predicted molar refractivity (Wildman–Crippen MR) is 69.4 cm³/mol. The van der Waals surface area contributed by atoms with E-state index in [0.717, 1.165) is 16.9 Å². The number of hydrogen-bond acceptors (Lipinski definition) is 5. The van der Waals surface area contributed by atoms with E-state index in [1.807, 2.05) is 19.4 Å². The van der Waals surface area contributed by atoms with Gasteiger partial charge in [0.2, 0.25) is 5.89 Å². The van der Waals surface area contributed by atoms with E-state index in [1.54, 1.807) is 0 Å². The van der Waals surface area contributed by atoms with Crippen molar-refractivity contribution >= 4 is 22.9 Å². The van der Waals surface area contributed by atoms with E-state index in [9.17, 15) is 0 Å². The number of nitrogens with zero attached hydrogens (tertiary/aromatic N) is 2. The maximum atomic E-state index is 6.17. The fourth-order valence-corrected chi connectivity index (χ4v) is 2.74. The molecule has 2 aromatic heterocycles. The first-order valence-corrected chi connectivity index (χ1v) is 6.67. The van der Waals surface area contributed by atoms with Gasteiger partial charge < -0.3 is 9.73 Å². The highest BCUT2D eigenvalue weighted by atomic mass is 35.5. The molecule has 0 aliphatic rings. The van der Waals surface area contributed by atoms with Gasteiger partial charge in [0.15, 0.2) is 0 Å². The van der Waals surface area contributed by atoms with Gasteiger partial charge in [-0.05, 0) is 31.3 Å². The van der Waals surface area contributed by atoms with Gasteiger partial charge in [-0.3, -0.25) is 0 Å². The Hall–Kier alpha value is -0.910.